The summed E-state index contributed by atoms with van der Waals surface area (Å²) < 4.78 is 60.9. The van der Waals surface area contributed by atoms with Crippen LogP contribution in [0.15, 0.2) is 70.5 Å². The molecule has 1 N–H and O–H groups in total. The fraction of sp³-hybridized carbons (Fsp3) is 0.296. The highest BCUT2D eigenvalue weighted by Crippen LogP contribution is 2.35. The predicted molar refractivity (Wildman–Crippen MR) is 152 cm³/mol. The second-order valence-electron chi connectivity index (χ2n) is 8.96. The number of rotatable bonds is 10. The van der Waals surface area contributed by atoms with E-state index in [0.29, 0.717) is 40.7 Å². The number of benzene rings is 3. The number of fused-ring (bicyclic) bond motifs is 1. The molecule has 1 amide bonds. The van der Waals surface area contributed by atoms with Gasteiger partial charge >= 0.3 is 0 Å². The number of aryl methyl sites for hydroxylation is 1. The lowest BCUT2D eigenvalue weighted by Crippen LogP contribution is -2.37. The maximum Gasteiger partial charge on any atom is 0.264 e. The van der Waals surface area contributed by atoms with Gasteiger partial charge in [-0.25, -0.2) is 16.8 Å². The van der Waals surface area contributed by atoms with E-state index in [0.717, 1.165) is 9.87 Å². The number of hydrogen-bond donors (Lipinski definition) is 1. The number of hydrogen-bond acceptors (Lipinski definition) is 6. The summed E-state index contributed by atoms with van der Waals surface area (Å²) in [6.45, 7) is 5.66. The lowest BCUT2D eigenvalue weighted by molar-refractivity contribution is -0.116. The molecule has 0 spiro atoms. The Labute approximate surface area is 234 Å². The minimum Gasteiger partial charge on any atom is -0.494 e. The zero-order valence-electron chi connectivity index (χ0n) is 21.8. The van der Waals surface area contributed by atoms with Crippen molar-refractivity contribution in [2.75, 3.05) is 35.9 Å². The van der Waals surface area contributed by atoms with E-state index in [1.165, 1.54) is 40.7 Å². The Hall–Kier alpha value is -3.12. The van der Waals surface area contributed by atoms with Crippen LogP contribution in [0.5, 0.6) is 5.75 Å². The number of nitrogens with one attached hydrogen (secondary N) is 1. The molecule has 39 heavy (non-hydrogen) atoms. The van der Waals surface area contributed by atoms with Gasteiger partial charge < -0.3 is 10.1 Å². The Bertz CT molecular complexity index is 1590. The van der Waals surface area contributed by atoms with Crippen LogP contribution in [0.3, 0.4) is 0 Å². The van der Waals surface area contributed by atoms with E-state index in [-0.39, 0.29) is 22.9 Å². The molecule has 3 aromatic rings. The molecular formula is C27H30ClN3O6S2. The molecular weight excluding hydrogens is 562 g/mol. The third kappa shape index (κ3) is 6.06. The van der Waals surface area contributed by atoms with E-state index < -0.39 is 32.5 Å². The zero-order valence-corrected chi connectivity index (χ0v) is 24.2. The standard InChI is InChI=1S/C27H30ClN3O6S2/c1-4-30(38(33,34)24-12-13-26(37-5-2)19(3)16-24)18-27(32)29-22-9-6-20-14-15-31(25(20)17-22)39(35,36)23-10-7-21(28)8-11-23/h6-13,16-17H,4-5,14-15,18H2,1-3H3,(H,29,32). The van der Waals surface area contributed by atoms with E-state index in [1.54, 1.807) is 38.1 Å². The quantitative estimate of drug-likeness (QED) is 0.373. The summed E-state index contributed by atoms with van der Waals surface area (Å²) in [5.41, 5.74) is 2.33. The van der Waals surface area contributed by atoms with Gasteiger partial charge in [0.2, 0.25) is 15.9 Å². The third-order valence-corrected chi connectivity index (χ3v) is 10.4. The maximum atomic E-state index is 13.3. The topological polar surface area (TPSA) is 113 Å². The highest BCUT2D eigenvalue weighted by molar-refractivity contribution is 7.92. The second kappa shape index (κ2) is 11.5. The molecule has 0 bridgehead atoms. The SMILES string of the molecule is CCOc1ccc(S(=O)(=O)N(CC)CC(=O)Nc2ccc3c(c2)N(S(=O)(=O)c2ccc(Cl)cc2)CC3)cc1C. The molecule has 1 aliphatic heterocycles. The first-order chi connectivity index (χ1) is 18.5. The molecule has 0 saturated heterocycles. The molecule has 0 aromatic heterocycles. The van der Waals surface area contributed by atoms with Crippen LogP contribution in [0.25, 0.3) is 0 Å². The fourth-order valence-electron chi connectivity index (χ4n) is 4.39. The highest BCUT2D eigenvalue weighted by atomic mass is 35.5. The van der Waals surface area contributed by atoms with Crippen LogP contribution in [0.4, 0.5) is 11.4 Å². The first-order valence-corrected chi connectivity index (χ1v) is 15.7. The minimum absolute atomic E-state index is 0.0682. The van der Waals surface area contributed by atoms with Crippen LogP contribution < -0.4 is 14.4 Å². The van der Waals surface area contributed by atoms with Crippen molar-refractivity contribution >= 4 is 48.9 Å². The molecule has 208 valence electrons. The van der Waals surface area contributed by atoms with Gasteiger partial charge in [-0.15, -0.1) is 0 Å². The minimum atomic E-state index is -3.94. The highest BCUT2D eigenvalue weighted by Gasteiger charge is 2.31. The van der Waals surface area contributed by atoms with E-state index in [9.17, 15) is 21.6 Å². The van der Waals surface area contributed by atoms with Gasteiger partial charge in [0.15, 0.2) is 0 Å². The van der Waals surface area contributed by atoms with Crippen LogP contribution in [-0.4, -0.2) is 53.3 Å². The van der Waals surface area contributed by atoms with Gasteiger partial charge in [0, 0.05) is 23.8 Å². The molecule has 9 nitrogen and oxygen atoms in total. The number of nitrogens with zero attached hydrogens (tertiary/aromatic N) is 2. The summed E-state index contributed by atoms with van der Waals surface area (Å²) in [5.74, 6) is 0.0501. The number of carbonyl (C=O) groups excluding carboxylic acids is 1. The molecule has 12 heteroatoms. The summed E-state index contributed by atoms with van der Waals surface area (Å²) >= 11 is 5.91. The Morgan fingerprint density at radius 3 is 2.33 bits per heavy atom. The number of sulfonamides is 2. The Morgan fingerprint density at radius 1 is 1.00 bits per heavy atom. The van der Waals surface area contributed by atoms with Crippen molar-refractivity contribution in [1.82, 2.24) is 4.31 Å². The summed E-state index contributed by atoms with van der Waals surface area (Å²) in [6, 6.07) is 15.6. The first-order valence-electron chi connectivity index (χ1n) is 12.4. The Kier molecular flexibility index (Phi) is 8.55. The lowest BCUT2D eigenvalue weighted by atomic mass is 10.1. The maximum absolute atomic E-state index is 13.3. The molecule has 0 unspecified atom stereocenters. The van der Waals surface area contributed by atoms with Gasteiger partial charge in [0.1, 0.15) is 5.75 Å². The van der Waals surface area contributed by atoms with Crippen molar-refractivity contribution < 1.29 is 26.4 Å². The normalized spacial score (nSPS) is 13.4. The van der Waals surface area contributed by atoms with Crippen molar-refractivity contribution in [3.8, 4) is 5.75 Å². The summed E-state index contributed by atoms with van der Waals surface area (Å²) in [5, 5.41) is 3.14. The molecule has 0 aliphatic carbocycles. The van der Waals surface area contributed by atoms with Gasteiger partial charge in [-0.1, -0.05) is 24.6 Å². The van der Waals surface area contributed by atoms with Crippen LogP contribution >= 0.6 is 11.6 Å². The fourth-order valence-corrected chi connectivity index (χ4v) is 7.50. The second-order valence-corrected chi connectivity index (χ2v) is 13.2. The smallest absolute Gasteiger partial charge is 0.264 e. The number of likely N-dealkylation sites (N-methyl/N-ethyl adjacent to an activating group) is 1. The average Bonchev–Trinajstić information content (AvgIpc) is 3.33. The van der Waals surface area contributed by atoms with Gasteiger partial charge in [0.05, 0.1) is 28.6 Å². The number of carbonyl (C=O) groups is 1. The number of ether oxygens (including phenoxy) is 1. The monoisotopic (exact) mass is 591 g/mol. The zero-order chi connectivity index (χ0) is 28.4. The molecule has 3 aromatic carbocycles. The van der Waals surface area contributed by atoms with Crippen LogP contribution in [0, 0.1) is 6.92 Å². The van der Waals surface area contributed by atoms with Gasteiger partial charge in [0.25, 0.3) is 10.0 Å². The van der Waals surface area contributed by atoms with Crippen molar-refractivity contribution in [2.24, 2.45) is 0 Å². The largest absolute Gasteiger partial charge is 0.494 e. The summed E-state index contributed by atoms with van der Waals surface area (Å²) in [7, 11) is -7.78. The molecule has 4 rings (SSSR count). The molecule has 1 aliphatic rings. The number of halogens is 1. The van der Waals surface area contributed by atoms with Crippen molar-refractivity contribution in [2.45, 2.75) is 37.0 Å². The summed E-state index contributed by atoms with van der Waals surface area (Å²) in [4.78, 5) is 13.1. The van der Waals surface area contributed by atoms with Crippen LogP contribution in [0.2, 0.25) is 5.02 Å². The average molecular weight is 592 g/mol. The summed E-state index contributed by atoms with van der Waals surface area (Å²) in [6.07, 6.45) is 0.528. The molecule has 1 heterocycles. The van der Waals surface area contributed by atoms with Crippen molar-refractivity contribution in [3.05, 3.63) is 76.8 Å². The van der Waals surface area contributed by atoms with Crippen molar-refractivity contribution in [1.29, 1.82) is 0 Å². The van der Waals surface area contributed by atoms with Gasteiger partial charge in [-0.05, 0) is 86.0 Å². The number of amides is 1. The Balaban J connectivity index is 1.51. The molecule has 0 atom stereocenters. The molecule has 0 saturated carbocycles. The van der Waals surface area contributed by atoms with E-state index in [4.69, 9.17) is 16.3 Å². The van der Waals surface area contributed by atoms with Crippen LogP contribution in [0.1, 0.15) is 25.0 Å². The third-order valence-electron chi connectivity index (χ3n) is 6.38. The van der Waals surface area contributed by atoms with E-state index >= 15 is 0 Å². The molecule has 0 radical (unpaired) electrons. The lowest BCUT2D eigenvalue weighted by Gasteiger charge is -2.22. The predicted octanol–water partition coefficient (Wildman–Crippen LogP) is 4.45. The van der Waals surface area contributed by atoms with E-state index in [1.807, 2.05) is 6.92 Å². The first kappa shape index (κ1) is 28.9. The van der Waals surface area contributed by atoms with E-state index in [2.05, 4.69) is 5.32 Å². The van der Waals surface area contributed by atoms with Gasteiger partial charge in [-0.2, -0.15) is 4.31 Å². The van der Waals surface area contributed by atoms with Gasteiger partial charge in [-0.3, -0.25) is 9.10 Å². The molecule has 0 fully saturated rings. The van der Waals surface area contributed by atoms with Crippen LogP contribution in [-0.2, 0) is 31.3 Å². The Morgan fingerprint density at radius 2 is 1.69 bits per heavy atom. The number of anilines is 2. The van der Waals surface area contributed by atoms with Crippen molar-refractivity contribution in [3.63, 3.8) is 0 Å².